The summed E-state index contributed by atoms with van der Waals surface area (Å²) in [7, 11) is 1.25. The van der Waals surface area contributed by atoms with Crippen LogP contribution < -0.4 is 5.32 Å². The predicted molar refractivity (Wildman–Crippen MR) is 69.9 cm³/mol. The lowest BCUT2D eigenvalue weighted by atomic mass is 10.1. The van der Waals surface area contributed by atoms with Crippen molar-refractivity contribution >= 4 is 23.5 Å². The van der Waals surface area contributed by atoms with Gasteiger partial charge >= 0.3 is 5.97 Å². The van der Waals surface area contributed by atoms with Gasteiger partial charge in [0.05, 0.1) is 7.11 Å². The van der Waals surface area contributed by atoms with Gasteiger partial charge in [-0.3, -0.25) is 9.59 Å². The minimum Gasteiger partial charge on any atom is -0.468 e. The molecule has 0 aliphatic carbocycles. The van der Waals surface area contributed by atoms with Crippen molar-refractivity contribution in [2.24, 2.45) is 0 Å². The lowest BCUT2D eigenvalue weighted by Crippen LogP contribution is -2.34. The molecule has 0 radical (unpaired) electrons. The molecule has 18 heavy (non-hydrogen) atoms. The molecule has 1 N–H and O–H groups in total. The van der Waals surface area contributed by atoms with Gasteiger partial charge in [-0.05, 0) is 37.1 Å². The SMILES string of the molecule is COC(=O)C(Cl)CNC(=O)c1ccc(C)c(C)c1. The molecule has 0 spiro atoms. The molecule has 0 aliphatic heterocycles. The van der Waals surface area contributed by atoms with Crippen molar-refractivity contribution in [3.63, 3.8) is 0 Å². The molecule has 0 saturated heterocycles. The van der Waals surface area contributed by atoms with Crippen LogP contribution in [0.4, 0.5) is 0 Å². The van der Waals surface area contributed by atoms with Gasteiger partial charge in [-0.15, -0.1) is 11.6 Å². The highest BCUT2D eigenvalue weighted by Crippen LogP contribution is 2.09. The number of esters is 1. The van der Waals surface area contributed by atoms with Gasteiger partial charge in [-0.1, -0.05) is 6.07 Å². The summed E-state index contributed by atoms with van der Waals surface area (Å²) in [5.74, 6) is -0.815. The summed E-state index contributed by atoms with van der Waals surface area (Å²) >= 11 is 5.73. The Hall–Kier alpha value is -1.55. The smallest absolute Gasteiger partial charge is 0.325 e. The number of rotatable bonds is 4. The van der Waals surface area contributed by atoms with E-state index in [1.807, 2.05) is 19.9 Å². The summed E-state index contributed by atoms with van der Waals surface area (Å²) in [6.45, 7) is 3.95. The third-order valence-electron chi connectivity index (χ3n) is 2.67. The van der Waals surface area contributed by atoms with E-state index < -0.39 is 11.3 Å². The average Bonchev–Trinajstić information content (AvgIpc) is 2.37. The van der Waals surface area contributed by atoms with Crippen molar-refractivity contribution in [2.45, 2.75) is 19.2 Å². The fourth-order valence-electron chi connectivity index (χ4n) is 1.38. The van der Waals surface area contributed by atoms with Crippen LogP contribution in [0.2, 0.25) is 0 Å². The van der Waals surface area contributed by atoms with Crippen LogP contribution in [-0.4, -0.2) is 30.9 Å². The highest BCUT2D eigenvalue weighted by atomic mass is 35.5. The van der Waals surface area contributed by atoms with Gasteiger partial charge in [0.25, 0.3) is 5.91 Å². The van der Waals surface area contributed by atoms with E-state index in [-0.39, 0.29) is 12.5 Å². The molecule has 0 fully saturated rings. The topological polar surface area (TPSA) is 55.4 Å². The molecule has 1 aromatic rings. The van der Waals surface area contributed by atoms with Crippen molar-refractivity contribution in [1.29, 1.82) is 0 Å². The molecule has 1 rings (SSSR count). The normalized spacial score (nSPS) is 11.8. The van der Waals surface area contributed by atoms with Crippen LogP contribution in [-0.2, 0) is 9.53 Å². The molecule has 1 unspecified atom stereocenters. The van der Waals surface area contributed by atoms with E-state index in [2.05, 4.69) is 10.1 Å². The predicted octanol–water partition coefficient (Wildman–Crippen LogP) is 1.81. The van der Waals surface area contributed by atoms with Crippen molar-refractivity contribution < 1.29 is 14.3 Å². The van der Waals surface area contributed by atoms with Gasteiger partial charge < -0.3 is 10.1 Å². The molecular formula is C13H16ClNO3. The Balaban J connectivity index is 2.60. The molecule has 5 heteroatoms. The van der Waals surface area contributed by atoms with E-state index in [0.29, 0.717) is 5.56 Å². The average molecular weight is 270 g/mol. The summed E-state index contributed by atoms with van der Waals surface area (Å²) < 4.78 is 4.46. The van der Waals surface area contributed by atoms with Gasteiger partial charge in [-0.25, -0.2) is 0 Å². The van der Waals surface area contributed by atoms with Crippen LogP contribution in [0.1, 0.15) is 21.5 Å². The second-order valence-electron chi connectivity index (χ2n) is 4.00. The summed E-state index contributed by atoms with van der Waals surface area (Å²) in [6, 6.07) is 5.41. The monoisotopic (exact) mass is 269 g/mol. The fraction of sp³-hybridized carbons (Fsp3) is 0.385. The maximum Gasteiger partial charge on any atom is 0.325 e. The zero-order chi connectivity index (χ0) is 13.7. The number of carbonyl (C=O) groups excluding carboxylic acids is 2. The number of halogens is 1. The molecule has 98 valence electrons. The summed E-state index contributed by atoms with van der Waals surface area (Å²) in [4.78, 5) is 22.9. The quantitative estimate of drug-likeness (QED) is 0.670. The largest absolute Gasteiger partial charge is 0.468 e. The number of aryl methyl sites for hydroxylation is 2. The third-order valence-corrected chi connectivity index (χ3v) is 3.00. The fourth-order valence-corrected chi connectivity index (χ4v) is 1.54. The second kappa shape index (κ2) is 6.40. The number of amides is 1. The van der Waals surface area contributed by atoms with Crippen molar-refractivity contribution in [2.75, 3.05) is 13.7 Å². The first-order valence-corrected chi connectivity index (χ1v) is 5.96. The Morgan fingerprint density at radius 2 is 2.00 bits per heavy atom. The van der Waals surface area contributed by atoms with Gasteiger partial charge in [0.15, 0.2) is 0 Å². The number of benzene rings is 1. The minimum absolute atomic E-state index is 0.0417. The Bertz CT molecular complexity index is 460. The van der Waals surface area contributed by atoms with Crippen molar-refractivity contribution in [3.05, 3.63) is 34.9 Å². The summed E-state index contributed by atoms with van der Waals surface area (Å²) in [6.07, 6.45) is 0. The number of hydrogen-bond donors (Lipinski definition) is 1. The number of carbonyl (C=O) groups is 2. The number of alkyl halides is 1. The standard InChI is InChI=1S/C13H16ClNO3/c1-8-4-5-10(6-9(8)2)12(16)15-7-11(14)13(17)18-3/h4-6,11H,7H2,1-3H3,(H,15,16). The first kappa shape index (κ1) is 14.5. The van der Waals surface area contributed by atoms with E-state index >= 15 is 0 Å². The zero-order valence-corrected chi connectivity index (χ0v) is 11.4. The van der Waals surface area contributed by atoms with Crippen molar-refractivity contribution in [1.82, 2.24) is 5.32 Å². The van der Waals surface area contributed by atoms with Crippen LogP contribution in [0.25, 0.3) is 0 Å². The molecule has 0 aromatic heterocycles. The number of ether oxygens (including phenoxy) is 1. The first-order valence-electron chi connectivity index (χ1n) is 5.53. The van der Waals surface area contributed by atoms with E-state index in [0.717, 1.165) is 11.1 Å². The van der Waals surface area contributed by atoms with Crippen LogP contribution in [0.3, 0.4) is 0 Å². The second-order valence-corrected chi connectivity index (χ2v) is 4.53. The van der Waals surface area contributed by atoms with Crippen LogP contribution in [0.15, 0.2) is 18.2 Å². The zero-order valence-electron chi connectivity index (χ0n) is 10.6. The van der Waals surface area contributed by atoms with Gasteiger partial charge in [0.2, 0.25) is 0 Å². The molecule has 1 amide bonds. The van der Waals surface area contributed by atoms with Crippen molar-refractivity contribution in [3.8, 4) is 0 Å². The first-order chi connectivity index (χ1) is 8.45. The van der Waals surface area contributed by atoms with Crippen LogP contribution in [0.5, 0.6) is 0 Å². The summed E-state index contributed by atoms with van der Waals surface area (Å²) in [5, 5.41) is 1.72. The third kappa shape index (κ3) is 3.74. The molecule has 1 atom stereocenters. The lowest BCUT2D eigenvalue weighted by Gasteiger charge is -2.10. The molecule has 0 saturated carbocycles. The van der Waals surface area contributed by atoms with Crippen LogP contribution >= 0.6 is 11.6 Å². The Labute approximate surface area is 111 Å². The lowest BCUT2D eigenvalue weighted by molar-refractivity contribution is -0.140. The van der Waals surface area contributed by atoms with E-state index in [1.54, 1.807) is 12.1 Å². The number of hydrogen-bond acceptors (Lipinski definition) is 3. The van der Waals surface area contributed by atoms with Gasteiger partial charge in [0.1, 0.15) is 5.38 Å². The Kier molecular flexibility index (Phi) is 5.16. The summed E-state index contributed by atoms with van der Waals surface area (Å²) in [5.41, 5.74) is 2.71. The van der Waals surface area contributed by atoms with Crippen LogP contribution in [0, 0.1) is 13.8 Å². The van der Waals surface area contributed by atoms with Gasteiger partial charge in [-0.2, -0.15) is 0 Å². The van der Waals surface area contributed by atoms with Gasteiger partial charge in [0, 0.05) is 12.1 Å². The molecule has 1 aromatic carbocycles. The van der Waals surface area contributed by atoms with E-state index in [1.165, 1.54) is 7.11 Å². The molecule has 4 nitrogen and oxygen atoms in total. The maximum absolute atomic E-state index is 11.8. The minimum atomic E-state index is -0.870. The Morgan fingerprint density at radius 1 is 1.33 bits per heavy atom. The van der Waals surface area contributed by atoms with E-state index in [9.17, 15) is 9.59 Å². The Morgan fingerprint density at radius 3 is 2.56 bits per heavy atom. The highest BCUT2D eigenvalue weighted by Gasteiger charge is 2.17. The molecular weight excluding hydrogens is 254 g/mol. The highest BCUT2D eigenvalue weighted by molar-refractivity contribution is 6.30. The molecule has 0 aliphatic rings. The molecule has 0 bridgehead atoms. The van der Waals surface area contributed by atoms with E-state index in [4.69, 9.17) is 11.6 Å². The number of nitrogens with one attached hydrogen (secondary N) is 1. The molecule has 0 heterocycles. The number of methoxy groups -OCH3 is 1. The maximum atomic E-state index is 11.8.